The molecule has 0 spiro atoms. The topological polar surface area (TPSA) is 38.8 Å². The summed E-state index contributed by atoms with van der Waals surface area (Å²) < 4.78 is 158. The Kier molecular flexibility index (Phi) is 1.70. The molecule has 4 nitrogen and oxygen atoms in total. The average molecular weight is 350 g/mol. The molecule has 2 heterocycles. The first-order valence-electron chi connectivity index (χ1n) is 16.2. The van der Waals surface area contributed by atoms with E-state index in [0.29, 0.717) is 11.8 Å². The summed E-state index contributed by atoms with van der Waals surface area (Å²) in [6, 6.07) is -3.55. The van der Waals surface area contributed by atoms with E-state index in [9.17, 15) is 4.79 Å². The van der Waals surface area contributed by atoms with Gasteiger partial charge in [0.05, 0.1) is 21.0 Å². The summed E-state index contributed by atoms with van der Waals surface area (Å²) in [5.74, 6) is -11.5. The number of piperidine rings is 1. The number of nitrogens with zero attached hydrogens (tertiary/aromatic N) is 1. The van der Waals surface area contributed by atoms with Gasteiger partial charge in [0.1, 0.15) is 5.78 Å². The SMILES string of the molecule is [2H]c1c2c(c([2H])c(OC)c1OC([2H])([2H])[2H])C1N(CC2)C([2H])([2H])C([2H])(C([2H])([2H])C([2H])(C([2H])([2H])[2H])C([2H])([2H])C)C(=O)C1([2H])[2H]. The number of carbonyl (C=O) groups excluding carboxylic acids is 1. The predicted octanol–water partition coefficient (Wildman–Crippen LogP) is 3.63. The van der Waals surface area contributed by atoms with Gasteiger partial charge in [0.15, 0.2) is 11.5 Å². The van der Waals surface area contributed by atoms with Crippen LogP contribution in [-0.4, -0.2) is 37.9 Å². The first-order chi connectivity index (χ1) is 18.5. The van der Waals surface area contributed by atoms with Crippen molar-refractivity contribution in [2.24, 2.45) is 11.8 Å². The van der Waals surface area contributed by atoms with Gasteiger partial charge in [-0.05, 0) is 41.9 Å². The molecule has 3 atom stereocenters. The van der Waals surface area contributed by atoms with Crippen LogP contribution in [0, 0.1) is 11.8 Å². The van der Waals surface area contributed by atoms with E-state index >= 15 is 0 Å². The molecule has 1 aromatic carbocycles. The van der Waals surface area contributed by atoms with E-state index in [1.165, 1.54) is 0 Å². The van der Waals surface area contributed by atoms with Gasteiger partial charge in [-0.2, -0.15) is 0 Å². The largest absolute Gasteiger partial charge is 0.493 e. The van der Waals surface area contributed by atoms with Crippen LogP contribution >= 0.6 is 0 Å². The number of benzene rings is 1. The lowest BCUT2D eigenvalue weighted by atomic mass is 9.79. The van der Waals surface area contributed by atoms with Crippen molar-refractivity contribution in [3.05, 3.63) is 23.2 Å². The summed E-state index contributed by atoms with van der Waals surface area (Å²) in [5.41, 5.74) is -0.693. The molecule has 1 fully saturated rings. The van der Waals surface area contributed by atoms with E-state index in [1.54, 1.807) is 0 Å². The van der Waals surface area contributed by atoms with Gasteiger partial charge in [0, 0.05) is 49.2 Å². The Hall–Kier alpha value is -1.55. The molecule has 2 aliphatic heterocycles. The number of fused-ring (bicyclic) bond motifs is 3. The molecule has 1 saturated heterocycles. The van der Waals surface area contributed by atoms with Crippen LogP contribution in [0.3, 0.4) is 0 Å². The van der Waals surface area contributed by atoms with E-state index in [-0.39, 0.29) is 5.56 Å². The predicted molar refractivity (Wildman–Crippen MR) is 94.8 cm³/mol. The third kappa shape index (κ3) is 3.16. The molecule has 132 valence electrons. The second-order valence-corrected chi connectivity index (χ2v) is 5.16. The molecular weight excluding hydrogens is 302 g/mol. The molecule has 3 unspecified atom stereocenters. The van der Waals surface area contributed by atoms with Crippen LogP contribution in [0.1, 0.15) is 74.7 Å². The normalized spacial score (nSPS) is 46.8. The Morgan fingerprint density at radius 1 is 1.58 bits per heavy atom. The molecule has 0 saturated carbocycles. The summed E-state index contributed by atoms with van der Waals surface area (Å²) in [6.07, 6.45) is -11.4. The fourth-order valence-electron chi connectivity index (χ4n) is 2.61. The Morgan fingerprint density at radius 2 is 2.42 bits per heavy atom. The van der Waals surface area contributed by atoms with Crippen LogP contribution in [0.4, 0.5) is 0 Å². The molecule has 0 aromatic heterocycles. The first kappa shape index (κ1) is 5.73. The van der Waals surface area contributed by atoms with Gasteiger partial charge in [0.25, 0.3) is 0 Å². The lowest BCUT2D eigenvalue weighted by molar-refractivity contribution is -0.129. The fourth-order valence-corrected chi connectivity index (χ4v) is 2.61. The van der Waals surface area contributed by atoms with Gasteiger partial charge >= 0.3 is 0 Å². The standard InChI is InChI=1S/C20H29NO3/c1-5-13(2)8-15-12-21-7-6-14-9-19(23-3)20(24-4)10-16(14)17(21)11-18(15)22/h9-10,13,15,17H,5-8,11-12H2,1-4H3/i2D3,3D3,5D2,8D2,9D,10D,11D2,12D2,13D,15D. The third-order valence-corrected chi connectivity index (χ3v) is 3.79. The van der Waals surface area contributed by atoms with Crippen molar-refractivity contribution in [3.63, 3.8) is 0 Å². The molecule has 0 bridgehead atoms. The summed E-state index contributed by atoms with van der Waals surface area (Å²) >= 11 is 0. The van der Waals surface area contributed by atoms with Crippen molar-refractivity contribution in [2.75, 3.05) is 27.2 Å². The van der Waals surface area contributed by atoms with Crippen molar-refractivity contribution in [2.45, 2.75) is 45.4 Å². The molecule has 0 N–H and O–H groups in total. The summed E-state index contributed by atoms with van der Waals surface area (Å²) in [7, 11) is -2.10. The fraction of sp³-hybridized carbons (Fsp3) is 0.650. The smallest absolute Gasteiger partial charge is 0.161 e. The lowest BCUT2D eigenvalue weighted by Gasteiger charge is -2.43. The highest BCUT2D eigenvalue weighted by Crippen LogP contribution is 2.42. The average Bonchev–Trinajstić information content (AvgIpc) is 2.81. The Labute approximate surface area is 170 Å². The van der Waals surface area contributed by atoms with Gasteiger partial charge < -0.3 is 9.47 Å². The maximum Gasteiger partial charge on any atom is 0.161 e. The number of methoxy groups -OCH3 is 2. The van der Waals surface area contributed by atoms with E-state index in [2.05, 4.69) is 0 Å². The van der Waals surface area contributed by atoms with Crippen LogP contribution in [0.15, 0.2) is 12.1 Å². The van der Waals surface area contributed by atoms with Crippen LogP contribution < -0.4 is 9.47 Å². The van der Waals surface area contributed by atoms with Crippen LogP contribution in [-0.2, 0) is 11.2 Å². The van der Waals surface area contributed by atoms with Crippen LogP contribution in [0.25, 0.3) is 0 Å². The van der Waals surface area contributed by atoms with Crippen molar-refractivity contribution >= 4 is 5.78 Å². The second kappa shape index (κ2) is 7.14. The van der Waals surface area contributed by atoms with E-state index in [4.69, 9.17) is 34.1 Å². The van der Waals surface area contributed by atoms with Gasteiger partial charge in [-0.3, -0.25) is 9.69 Å². The molecule has 0 aliphatic carbocycles. The van der Waals surface area contributed by atoms with E-state index in [1.807, 2.05) is 0 Å². The van der Waals surface area contributed by atoms with Gasteiger partial charge in [-0.25, -0.2) is 0 Å². The number of Topliss-reactive ketones (excluding diaryl/α,β-unsaturated/α-hetero) is 1. The number of hydrogen-bond acceptors (Lipinski definition) is 4. The molecule has 1 aromatic rings. The number of hydrogen-bond donors (Lipinski definition) is 0. The van der Waals surface area contributed by atoms with Gasteiger partial charge in [-0.1, -0.05) is 20.1 Å². The lowest BCUT2D eigenvalue weighted by Crippen LogP contribution is -2.46. The minimum Gasteiger partial charge on any atom is -0.493 e. The van der Waals surface area contributed by atoms with E-state index in [0.717, 1.165) is 7.11 Å². The molecule has 0 amide bonds. The molecular formula is C20H29NO3. The Morgan fingerprint density at radius 3 is 3.12 bits per heavy atom. The number of carbonyl (C=O) groups is 1. The number of ketones is 1. The zero-order chi connectivity index (χ0) is 33.0. The molecule has 3 rings (SSSR count). The summed E-state index contributed by atoms with van der Waals surface area (Å²) in [5, 5.41) is 0. The van der Waals surface area contributed by atoms with Crippen molar-refractivity contribution in [3.8, 4) is 11.5 Å². The molecule has 24 heavy (non-hydrogen) atoms. The monoisotopic (exact) mass is 349 g/mol. The Balaban J connectivity index is 2.39. The zero-order valence-corrected chi connectivity index (χ0v) is 13.2. The second-order valence-electron chi connectivity index (χ2n) is 5.16. The highest BCUT2D eigenvalue weighted by Gasteiger charge is 2.38. The maximum atomic E-state index is 13.9. The van der Waals surface area contributed by atoms with Gasteiger partial charge in [-0.15, -0.1) is 0 Å². The summed E-state index contributed by atoms with van der Waals surface area (Å²) in [4.78, 5) is 14.4. The quantitative estimate of drug-likeness (QED) is 0.814. The summed E-state index contributed by atoms with van der Waals surface area (Å²) in [6.45, 7) is -7.62. The zero-order valence-electron chi connectivity index (χ0n) is 31.2. The minimum absolute atomic E-state index is 0.198. The van der Waals surface area contributed by atoms with Crippen LogP contribution in [0.5, 0.6) is 11.5 Å². The van der Waals surface area contributed by atoms with Gasteiger partial charge in [0.2, 0.25) is 0 Å². The number of ether oxygens (including phenoxy) is 2. The third-order valence-electron chi connectivity index (χ3n) is 3.79. The minimum atomic E-state index is -4.21. The highest BCUT2D eigenvalue weighted by atomic mass is 16.5. The van der Waals surface area contributed by atoms with Crippen LogP contribution in [0.2, 0.25) is 0 Å². The van der Waals surface area contributed by atoms with Crippen molar-refractivity contribution < 1.29 is 38.9 Å². The molecule has 2 aliphatic rings. The van der Waals surface area contributed by atoms with E-state index < -0.39 is 105 Å². The molecule has 0 radical (unpaired) electrons. The maximum absolute atomic E-state index is 13.9. The first-order valence-corrected chi connectivity index (χ1v) is 7.20. The highest BCUT2D eigenvalue weighted by molar-refractivity contribution is 5.83. The number of rotatable bonds is 5. The van der Waals surface area contributed by atoms with Crippen molar-refractivity contribution in [1.29, 1.82) is 0 Å². The molecule has 4 heteroatoms. The Bertz CT molecular complexity index is 1270. The van der Waals surface area contributed by atoms with Crippen molar-refractivity contribution in [1.82, 2.24) is 4.90 Å².